The van der Waals surface area contributed by atoms with Gasteiger partial charge in [0.05, 0.1) is 11.1 Å². The minimum absolute atomic E-state index is 0.0788. The first-order chi connectivity index (χ1) is 7.00. The second kappa shape index (κ2) is 2.94. The first kappa shape index (κ1) is 9.45. The molecule has 2 aromatic rings. The van der Waals surface area contributed by atoms with E-state index in [1.165, 1.54) is 0 Å². The summed E-state index contributed by atoms with van der Waals surface area (Å²) in [6, 6.07) is 1.51. The smallest absolute Gasteiger partial charge is 0.374 e. The van der Waals surface area contributed by atoms with Crippen LogP contribution in [0.25, 0.3) is 11.0 Å². The molecule has 0 saturated heterocycles. The summed E-state index contributed by atoms with van der Waals surface area (Å²) < 4.78 is 30.6. The number of nitrogens with two attached hydrogens (primary N) is 1. The van der Waals surface area contributed by atoms with Gasteiger partial charge in [0, 0.05) is 6.07 Å². The molecule has 0 saturated carbocycles. The van der Waals surface area contributed by atoms with Gasteiger partial charge in [-0.05, 0) is 6.07 Å². The van der Waals surface area contributed by atoms with Gasteiger partial charge in [-0.15, -0.1) is 0 Å². The van der Waals surface area contributed by atoms with Crippen molar-refractivity contribution in [3.05, 3.63) is 29.5 Å². The summed E-state index contributed by atoms with van der Waals surface area (Å²) in [5.41, 5.74) is 4.73. The van der Waals surface area contributed by atoms with E-state index in [1.807, 2.05) is 0 Å². The number of carbonyl (C=O) groups is 1. The van der Waals surface area contributed by atoms with Crippen LogP contribution < -0.4 is 5.73 Å². The van der Waals surface area contributed by atoms with Crippen molar-refractivity contribution in [2.45, 2.75) is 0 Å². The number of rotatable bonds is 1. The average Bonchev–Trinajstić information content (AvgIpc) is 2.44. The first-order valence-electron chi connectivity index (χ1n) is 3.91. The third kappa shape index (κ3) is 1.30. The number of benzene rings is 1. The Labute approximate surface area is 81.9 Å². The largest absolute Gasteiger partial charge is 0.475 e. The molecule has 0 fully saturated rings. The number of carboxylic acids is 1. The van der Waals surface area contributed by atoms with E-state index in [0.717, 1.165) is 6.07 Å². The van der Waals surface area contributed by atoms with E-state index in [0.29, 0.717) is 6.07 Å². The first-order valence-corrected chi connectivity index (χ1v) is 3.91. The maximum absolute atomic E-state index is 13.1. The molecule has 0 unspecified atom stereocenters. The monoisotopic (exact) mass is 213 g/mol. The minimum atomic E-state index is -1.43. The van der Waals surface area contributed by atoms with Crippen molar-refractivity contribution >= 4 is 22.6 Å². The zero-order valence-corrected chi connectivity index (χ0v) is 7.25. The van der Waals surface area contributed by atoms with Crippen LogP contribution in [-0.2, 0) is 0 Å². The Kier molecular flexibility index (Phi) is 1.85. The standard InChI is InChI=1S/C9H5F2NO3/c10-3-1-4-6(12)8(9(13)14)15-7(4)5(11)2-3/h1-2H,12H2,(H,13,14). The Morgan fingerprint density at radius 3 is 2.67 bits per heavy atom. The fourth-order valence-electron chi connectivity index (χ4n) is 1.30. The van der Waals surface area contributed by atoms with Crippen molar-refractivity contribution < 1.29 is 23.1 Å². The van der Waals surface area contributed by atoms with Crippen LogP contribution in [0.15, 0.2) is 16.5 Å². The fraction of sp³-hybridized carbons (Fsp3) is 0. The summed E-state index contributed by atoms with van der Waals surface area (Å²) in [7, 11) is 0. The van der Waals surface area contributed by atoms with Gasteiger partial charge < -0.3 is 15.3 Å². The molecule has 0 atom stereocenters. The van der Waals surface area contributed by atoms with E-state index < -0.39 is 23.4 Å². The lowest BCUT2D eigenvalue weighted by atomic mass is 10.2. The van der Waals surface area contributed by atoms with Crippen molar-refractivity contribution in [3.8, 4) is 0 Å². The van der Waals surface area contributed by atoms with Gasteiger partial charge in [-0.25, -0.2) is 13.6 Å². The van der Waals surface area contributed by atoms with Gasteiger partial charge in [0.1, 0.15) is 5.82 Å². The van der Waals surface area contributed by atoms with Gasteiger partial charge in [-0.3, -0.25) is 0 Å². The molecule has 3 N–H and O–H groups in total. The van der Waals surface area contributed by atoms with Crippen molar-refractivity contribution in [2.75, 3.05) is 5.73 Å². The lowest BCUT2D eigenvalue weighted by Gasteiger charge is -1.91. The third-order valence-electron chi connectivity index (χ3n) is 1.94. The van der Waals surface area contributed by atoms with E-state index in [4.69, 9.17) is 10.8 Å². The second-order valence-electron chi connectivity index (χ2n) is 2.91. The highest BCUT2D eigenvalue weighted by Crippen LogP contribution is 2.30. The Balaban J connectivity index is 2.88. The maximum Gasteiger partial charge on any atom is 0.374 e. The van der Waals surface area contributed by atoms with Gasteiger partial charge in [-0.1, -0.05) is 0 Å². The molecular weight excluding hydrogens is 208 g/mol. The summed E-state index contributed by atoms with van der Waals surface area (Å²) in [6.45, 7) is 0. The summed E-state index contributed by atoms with van der Waals surface area (Å²) in [5, 5.41) is 8.56. The molecule has 1 heterocycles. The SMILES string of the molecule is Nc1c(C(=O)O)oc2c(F)cc(F)cc12. The molecule has 0 spiro atoms. The van der Waals surface area contributed by atoms with E-state index in [-0.39, 0.29) is 16.7 Å². The van der Waals surface area contributed by atoms with Crippen LogP contribution in [0.4, 0.5) is 14.5 Å². The highest BCUT2D eigenvalue weighted by atomic mass is 19.1. The van der Waals surface area contributed by atoms with Crippen LogP contribution in [0.3, 0.4) is 0 Å². The van der Waals surface area contributed by atoms with Crippen molar-refractivity contribution in [1.29, 1.82) is 0 Å². The van der Waals surface area contributed by atoms with Gasteiger partial charge in [0.2, 0.25) is 5.76 Å². The molecule has 0 amide bonds. The van der Waals surface area contributed by atoms with Crippen molar-refractivity contribution in [3.63, 3.8) is 0 Å². The van der Waals surface area contributed by atoms with Crippen LogP contribution in [0, 0.1) is 11.6 Å². The second-order valence-corrected chi connectivity index (χ2v) is 2.91. The van der Waals surface area contributed by atoms with Crippen LogP contribution in [0.2, 0.25) is 0 Å². The maximum atomic E-state index is 13.1. The van der Waals surface area contributed by atoms with Crippen LogP contribution >= 0.6 is 0 Å². The van der Waals surface area contributed by atoms with E-state index in [1.54, 1.807) is 0 Å². The summed E-state index contributed by atoms with van der Waals surface area (Å²) in [4.78, 5) is 10.6. The number of hydrogen-bond acceptors (Lipinski definition) is 3. The van der Waals surface area contributed by atoms with E-state index in [9.17, 15) is 13.6 Å². The fourth-order valence-corrected chi connectivity index (χ4v) is 1.30. The van der Waals surface area contributed by atoms with Gasteiger partial charge in [0.25, 0.3) is 0 Å². The number of furan rings is 1. The molecule has 1 aromatic carbocycles. The molecule has 0 radical (unpaired) electrons. The molecule has 0 aliphatic rings. The van der Waals surface area contributed by atoms with Crippen molar-refractivity contribution in [1.82, 2.24) is 0 Å². The molecule has 6 heteroatoms. The highest BCUT2D eigenvalue weighted by Gasteiger charge is 2.20. The lowest BCUT2D eigenvalue weighted by molar-refractivity contribution is 0.0666. The predicted molar refractivity (Wildman–Crippen MR) is 47.5 cm³/mol. The van der Waals surface area contributed by atoms with Crippen molar-refractivity contribution in [2.24, 2.45) is 0 Å². The van der Waals surface area contributed by atoms with Gasteiger partial charge in [0.15, 0.2) is 11.4 Å². The molecule has 2 rings (SSSR count). The predicted octanol–water partition coefficient (Wildman–Crippen LogP) is 1.99. The van der Waals surface area contributed by atoms with E-state index >= 15 is 0 Å². The lowest BCUT2D eigenvalue weighted by Crippen LogP contribution is -1.98. The zero-order valence-electron chi connectivity index (χ0n) is 7.25. The summed E-state index contributed by atoms with van der Waals surface area (Å²) in [6.07, 6.45) is 0. The van der Waals surface area contributed by atoms with E-state index in [2.05, 4.69) is 4.42 Å². The number of nitrogen functional groups attached to an aromatic ring is 1. The number of aromatic carboxylic acids is 1. The highest BCUT2D eigenvalue weighted by molar-refractivity contribution is 6.02. The number of carboxylic acid groups (broad SMARTS) is 1. The quantitative estimate of drug-likeness (QED) is 0.759. The number of fused-ring (bicyclic) bond motifs is 1. The van der Waals surface area contributed by atoms with Gasteiger partial charge >= 0.3 is 5.97 Å². The molecule has 15 heavy (non-hydrogen) atoms. The average molecular weight is 213 g/mol. The number of anilines is 1. The third-order valence-corrected chi connectivity index (χ3v) is 1.94. The Morgan fingerprint density at radius 1 is 1.40 bits per heavy atom. The Morgan fingerprint density at radius 2 is 2.07 bits per heavy atom. The molecular formula is C9H5F2NO3. The molecule has 0 aliphatic heterocycles. The molecule has 0 aliphatic carbocycles. The molecule has 78 valence electrons. The Hall–Kier alpha value is -2.11. The summed E-state index contributed by atoms with van der Waals surface area (Å²) in [5.74, 6) is -3.84. The normalized spacial score (nSPS) is 10.8. The summed E-state index contributed by atoms with van der Waals surface area (Å²) >= 11 is 0. The van der Waals surface area contributed by atoms with Crippen LogP contribution in [0.1, 0.15) is 10.6 Å². The molecule has 4 nitrogen and oxygen atoms in total. The number of hydrogen-bond donors (Lipinski definition) is 2. The van der Waals surface area contributed by atoms with Gasteiger partial charge in [-0.2, -0.15) is 0 Å². The Bertz CT molecular complexity index is 562. The van der Waals surface area contributed by atoms with Crippen LogP contribution in [-0.4, -0.2) is 11.1 Å². The zero-order chi connectivity index (χ0) is 11.2. The minimum Gasteiger partial charge on any atom is -0.475 e. The molecule has 1 aromatic heterocycles. The number of halogens is 2. The van der Waals surface area contributed by atoms with Crippen LogP contribution in [0.5, 0.6) is 0 Å². The topological polar surface area (TPSA) is 76.5 Å². The molecule has 0 bridgehead atoms.